The Balaban J connectivity index is 2.12. The number of non-ortho nitro benzene ring substituents is 1. The molecule has 0 radical (unpaired) electrons. The Kier molecular flexibility index (Phi) is 4.98. The zero-order valence-electron chi connectivity index (χ0n) is 12.3. The van der Waals surface area contributed by atoms with E-state index in [0.717, 1.165) is 34.1 Å². The van der Waals surface area contributed by atoms with E-state index in [-0.39, 0.29) is 10.6 Å². The fraction of sp³-hybridized carbons (Fsp3) is 0.429. The molecule has 0 spiro atoms. The van der Waals surface area contributed by atoms with Crippen LogP contribution in [0.4, 0.5) is 5.69 Å². The van der Waals surface area contributed by atoms with Crippen LogP contribution in [0.2, 0.25) is 0 Å². The van der Waals surface area contributed by atoms with Gasteiger partial charge in [-0.25, -0.2) is 0 Å². The molecule has 0 bridgehead atoms. The average molecular weight is 306 g/mol. The van der Waals surface area contributed by atoms with Crippen molar-refractivity contribution in [2.45, 2.75) is 33.2 Å². The van der Waals surface area contributed by atoms with Crippen LogP contribution in [-0.4, -0.2) is 27.7 Å². The molecule has 1 aromatic carbocycles. The van der Waals surface area contributed by atoms with Crippen molar-refractivity contribution < 1.29 is 4.92 Å². The van der Waals surface area contributed by atoms with E-state index in [0.29, 0.717) is 6.04 Å². The van der Waals surface area contributed by atoms with Crippen LogP contribution in [0, 0.1) is 17.0 Å². The number of hydrogen-bond acceptors (Lipinski definition) is 6. The van der Waals surface area contributed by atoms with Crippen molar-refractivity contribution in [3.8, 4) is 10.6 Å². The van der Waals surface area contributed by atoms with Gasteiger partial charge in [0.15, 0.2) is 0 Å². The van der Waals surface area contributed by atoms with E-state index in [2.05, 4.69) is 29.4 Å². The molecule has 0 aliphatic rings. The van der Waals surface area contributed by atoms with Crippen molar-refractivity contribution in [3.63, 3.8) is 0 Å². The summed E-state index contributed by atoms with van der Waals surface area (Å²) >= 11 is 1.53. The van der Waals surface area contributed by atoms with Gasteiger partial charge in [0.25, 0.3) is 5.69 Å². The van der Waals surface area contributed by atoms with Crippen LogP contribution in [0.25, 0.3) is 10.6 Å². The SMILES string of the molecule is Cc1cc([N+](=O)[O-])ccc1-c1nnc(CCNC(C)C)s1. The highest BCUT2D eigenvalue weighted by Gasteiger charge is 2.13. The monoisotopic (exact) mass is 306 g/mol. The quantitative estimate of drug-likeness (QED) is 0.655. The van der Waals surface area contributed by atoms with Crippen LogP contribution in [0.15, 0.2) is 18.2 Å². The number of nitro benzene ring substituents is 1. The second kappa shape index (κ2) is 6.73. The van der Waals surface area contributed by atoms with Gasteiger partial charge in [0.05, 0.1) is 4.92 Å². The van der Waals surface area contributed by atoms with Crippen LogP contribution in [0.5, 0.6) is 0 Å². The third-order valence-corrected chi connectivity index (χ3v) is 4.03. The van der Waals surface area contributed by atoms with Gasteiger partial charge in [-0.05, 0) is 18.6 Å². The highest BCUT2D eigenvalue weighted by molar-refractivity contribution is 7.14. The largest absolute Gasteiger partial charge is 0.314 e. The number of nitrogens with one attached hydrogen (secondary N) is 1. The van der Waals surface area contributed by atoms with Crippen molar-refractivity contribution in [3.05, 3.63) is 38.9 Å². The van der Waals surface area contributed by atoms with Gasteiger partial charge in [0, 0.05) is 36.7 Å². The molecule has 1 N–H and O–H groups in total. The van der Waals surface area contributed by atoms with E-state index < -0.39 is 0 Å². The summed E-state index contributed by atoms with van der Waals surface area (Å²) in [5, 5.41) is 24.2. The van der Waals surface area contributed by atoms with Gasteiger partial charge in [-0.15, -0.1) is 10.2 Å². The standard InChI is InChI=1S/C14H18N4O2S/c1-9(2)15-7-6-13-16-17-14(21-13)12-5-4-11(18(19)20)8-10(12)3/h4-5,8-9,15H,6-7H2,1-3H3. The smallest absolute Gasteiger partial charge is 0.269 e. The molecular formula is C14H18N4O2S. The molecule has 2 aromatic rings. The van der Waals surface area contributed by atoms with Gasteiger partial charge >= 0.3 is 0 Å². The van der Waals surface area contributed by atoms with Gasteiger partial charge in [-0.1, -0.05) is 25.2 Å². The van der Waals surface area contributed by atoms with Gasteiger partial charge in [-0.3, -0.25) is 10.1 Å². The molecular weight excluding hydrogens is 288 g/mol. The molecule has 0 amide bonds. The van der Waals surface area contributed by atoms with Crippen molar-refractivity contribution in [1.29, 1.82) is 0 Å². The van der Waals surface area contributed by atoms with Gasteiger partial charge in [0.1, 0.15) is 10.0 Å². The first kappa shape index (κ1) is 15.5. The summed E-state index contributed by atoms with van der Waals surface area (Å²) in [6.07, 6.45) is 0.835. The predicted octanol–water partition coefficient (Wildman–Crippen LogP) is 2.96. The molecule has 21 heavy (non-hydrogen) atoms. The lowest BCUT2D eigenvalue weighted by Crippen LogP contribution is -2.24. The zero-order chi connectivity index (χ0) is 15.4. The Bertz CT molecular complexity index is 640. The van der Waals surface area contributed by atoms with Gasteiger partial charge in [0.2, 0.25) is 0 Å². The third-order valence-electron chi connectivity index (χ3n) is 3.01. The number of nitro groups is 1. The van der Waals surface area contributed by atoms with E-state index in [1.165, 1.54) is 17.4 Å². The maximum Gasteiger partial charge on any atom is 0.269 e. The van der Waals surface area contributed by atoms with Crippen molar-refractivity contribution in [1.82, 2.24) is 15.5 Å². The van der Waals surface area contributed by atoms with Crippen molar-refractivity contribution in [2.24, 2.45) is 0 Å². The van der Waals surface area contributed by atoms with Crippen LogP contribution < -0.4 is 5.32 Å². The van der Waals surface area contributed by atoms with E-state index in [1.54, 1.807) is 12.1 Å². The number of aromatic nitrogens is 2. The van der Waals surface area contributed by atoms with Gasteiger partial charge < -0.3 is 5.32 Å². The van der Waals surface area contributed by atoms with Crippen LogP contribution in [0.3, 0.4) is 0 Å². The summed E-state index contributed by atoms with van der Waals surface area (Å²) in [4.78, 5) is 10.4. The van der Waals surface area contributed by atoms with Crippen LogP contribution >= 0.6 is 11.3 Å². The Morgan fingerprint density at radius 1 is 1.38 bits per heavy atom. The molecule has 1 heterocycles. The second-order valence-electron chi connectivity index (χ2n) is 5.12. The minimum Gasteiger partial charge on any atom is -0.314 e. The summed E-state index contributed by atoms with van der Waals surface area (Å²) in [5.41, 5.74) is 1.84. The van der Waals surface area contributed by atoms with Crippen molar-refractivity contribution in [2.75, 3.05) is 6.54 Å². The molecule has 0 aliphatic carbocycles. The van der Waals surface area contributed by atoms with Crippen LogP contribution in [0.1, 0.15) is 24.4 Å². The summed E-state index contributed by atoms with van der Waals surface area (Å²) in [6.45, 7) is 6.92. The molecule has 0 unspecified atom stereocenters. The number of benzene rings is 1. The first-order valence-electron chi connectivity index (χ1n) is 6.78. The topological polar surface area (TPSA) is 81.0 Å². The molecule has 2 rings (SSSR count). The first-order valence-corrected chi connectivity index (χ1v) is 7.60. The second-order valence-corrected chi connectivity index (χ2v) is 6.18. The lowest BCUT2D eigenvalue weighted by molar-refractivity contribution is -0.384. The fourth-order valence-electron chi connectivity index (χ4n) is 1.93. The molecule has 7 heteroatoms. The summed E-state index contributed by atoms with van der Waals surface area (Å²) < 4.78 is 0. The van der Waals surface area contributed by atoms with E-state index >= 15 is 0 Å². The van der Waals surface area contributed by atoms with Gasteiger partial charge in [-0.2, -0.15) is 0 Å². The molecule has 0 aliphatic heterocycles. The molecule has 0 atom stereocenters. The number of rotatable bonds is 6. The highest BCUT2D eigenvalue weighted by Crippen LogP contribution is 2.29. The number of aryl methyl sites for hydroxylation is 1. The minimum absolute atomic E-state index is 0.0992. The third kappa shape index (κ3) is 4.05. The summed E-state index contributed by atoms with van der Waals surface area (Å²) in [6, 6.07) is 5.26. The first-order chi connectivity index (χ1) is 9.97. The lowest BCUT2D eigenvalue weighted by atomic mass is 10.1. The highest BCUT2D eigenvalue weighted by atomic mass is 32.1. The molecule has 112 valence electrons. The molecule has 0 fully saturated rings. The Hall–Kier alpha value is -1.86. The zero-order valence-corrected chi connectivity index (χ0v) is 13.1. The number of hydrogen-bond donors (Lipinski definition) is 1. The maximum atomic E-state index is 10.8. The van der Waals surface area contributed by atoms with E-state index in [1.807, 2.05) is 6.92 Å². The molecule has 1 aromatic heterocycles. The van der Waals surface area contributed by atoms with Crippen LogP contribution in [-0.2, 0) is 6.42 Å². The molecule has 0 saturated carbocycles. The Morgan fingerprint density at radius 2 is 2.14 bits per heavy atom. The maximum absolute atomic E-state index is 10.8. The molecule has 6 nitrogen and oxygen atoms in total. The molecule has 0 saturated heterocycles. The predicted molar refractivity (Wildman–Crippen MR) is 83.6 cm³/mol. The lowest BCUT2D eigenvalue weighted by Gasteiger charge is -2.05. The minimum atomic E-state index is -0.389. The number of nitrogens with zero attached hydrogens (tertiary/aromatic N) is 3. The van der Waals surface area contributed by atoms with E-state index in [9.17, 15) is 10.1 Å². The summed E-state index contributed by atoms with van der Waals surface area (Å²) in [7, 11) is 0. The summed E-state index contributed by atoms with van der Waals surface area (Å²) in [5.74, 6) is 0. The Labute approximate surface area is 127 Å². The normalized spacial score (nSPS) is 11.0. The fourth-order valence-corrected chi connectivity index (χ4v) is 2.86. The average Bonchev–Trinajstić information content (AvgIpc) is 2.86. The Morgan fingerprint density at radius 3 is 2.76 bits per heavy atom. The van der Waals surface area contributed by atoms with Crippen molar-refractivity contribution >= 4 is 17.0 Å². The van der Waals surface area contributed by atoms with E-state index in [4.69, 9.17) is 0 Å².